The van der Waals surface area contributed by atoms with E-state index in [1.165, 1.54) is 22.8 Å². The summed E-state index contributed by atoms with van der Waals surface area (Å²) in [6.07, 6.45) is -0.309. The summed E-state index contributed by atoms with van der Waals surface area (Å²) in [5.74, 6) is -4.67. The molecule has 2 rings (SSSR count). The SMILES string of the molecule is O=C(NS(=O)(=O)c1ccsc1)C1CCCC(F)(F)C1. The second-order valence-electron chi connectivity index (χ2n) is 4.58. The molecule has 1 fully saturated rings. The zero-order valence-electron chi connectivity index (χ0n) is 9.93. The molecule has 1 saturated carbocycles. The van der Waals surface area contributed by atoms with Crippen LogP contribution in [0, 0.1) is 5.92 Å². The van der Waals surface area contributed by atoms with Gasteiger partial charge in [-0.05, 0) is 24.3 Å². The number of amides is 1. The molecule has 0 saturated heterocycles. The molecule has 19 heavy (non-hydrogen) atoms. The second-order valence-corrected chi connectivity index (χ2v) is 7.04. The van der Waals surface area contributed by atoms with Gasteiger partial charge < -0.3 is 0 Å². The fourth-order valence-corrected chi connectivity index (χ4v) is 4.15. The number of carbonyl (C=O) groups excluding carboxylic acids is 1. The number of alkyl halides is 2. The van der Waals surface area contributed by atoms with E-state index < -0.39 is 34.2 Å². The van der Waals surface area contributed by atoms with Crippen LogP contribution >= 0.6 is 11.3 Å². The van der Waals surface area contributed by atoms with Crippen molar-refractivity contribution in [3.8, 4) is 0 Å². The first-order chi connectivity index (χ1) is 8.80. The van der Waals surface area contributed by atoms with Crippen molar-refractivity contribution >= 4 is 27.3 Å². The van der Waals surface area contributed by atoms with Crippen LogP contribution in [0.25, 0.3) is 0 Å². The fourth-order valence-electron chi connectivity index (χ4n) is 2.08. The summed E-state index contributed by atoms with van der Waals surface area (Å²) in [4.78, 5) is 11.8. The van der Waals surface area contributed by atoms with Gasteiger partial charge in [0.2, 0.25) is 11.8 Å². The van der Waals surface area contributed by atoms with E-state index in [2.05, 4.69) is 0 Å². The fraction of sp³-hybridized carbons (Fsp3) is 0.545. The molecule has 1 aromatic heterocycles. The van der Waals surface area contributed by atoms with Gasteiger partial charge in [0.1, 0.15) is 0 Å². The average molecular weight is 309 g/mol. The third kappa shape index (κ3) is 3.50. The number of hydrogen-bond donors (Lipinski definition) is 1. The van der Waals surface area contributed by atoms with Crippen LogP contribution in [0.5, 0.6) is 0 Å². The van der Waals surface area contributed by atoms with Gasteiger partial charge in [-0.15, -0.1) is 0 Å². The molecule has 1 aliphatic rings. The van der Waals surface area contributed by atoms with Crippen LogP contribution in [0.2, 0.25) is 0 Å². The van der Waals surface area contributed by atoms with Gasteiger partial charge in [-0.25, -0.2) is 21.9 Å². The second kappa shape index (κ2) is 5.16. The highest BCUT2D eigenvalue weighted by Gasteiger charge is 2.40. The standard InChI is InChI=1S/C11H13F2NO3S2/c12-11(13)4-1-2-8(6-11)10(15)14-19(16,17)9-3-5-18-7-9/h3,5,7-8H,1-2,4,6H2,(H,14,15). The monoisotopic (exact) mass is 309 g/mol. The first-order valence-electron chi connectivity index (χ1n) is 5.77. The number of nitrogens with one attached hydrogen (secondary N) is 1. The Morgan fingerprint density at radius 3 is 2.79 bits per heavy atom. The maximum absolute atomic E-state index is 13.2. The molecule has 0 aromatic carbocycles. The van der Waals surface area contributed by atoms with Gasteiger partial charge in [0, 0.05) is 24.1 Å². The Kier molecular flexibility index (Phi) is 3.91. The minimum Gasteiger partial charge on any atom is -0.274 e. The molecule has 1 N–H and O–H groups in total. The number of rotatable bonds is 3. The Morgan fingerprint density at radius 2 is 2.21 bits per heavy atom. The summed E-state index contributed by atoms with van der Waals surface area (Å²) in [6, 6.07) is 1.36. The minimum atomic E-state index is -3.94. The normalized spacial score (nSPS) is 22.9. The molecule has 1 aromatic rings. The van der Waals surface area contributed by atoms with Crippen molar-refractivity contribution in [1.29, 1.82) is 0 Å². The number of sulfonamides is 1. The van der Waals surface area contributed by atoms with Crippen molar-refractivity contribution < 1.29 is 22.0 Å². The maximum Gasteiger partial charge on any atom is 0.264 e. The van der Waals surface area contributed by atoms with E-state index in [-0.39, 0.29) is 17.7 Å². The largest absolute Gasteiger partial charge is 0.274 e. The molecule has 106 valence electrons. The predicted molar refractivity (Wildman–Crippen MR) is 66.6 cm³/mol. The lowest BCUT2D eigenvalue weighted by molar-refractivity contribution is -0.130. The lowest BCUT2D eigenvalue weighted by Gasteiger charge is -2.27. The Bertz CT molecular complexity index is 555. The zero-order chi connectivity index (χ0) is 14.1. The molecule has 0 radical (unpaired) electrons. The van der Waals surface area contributed by atoms with E-state index >= 15 is 0 Å². The Balaban J connectivity index is 2.06. The minimum absolute atomic E-state index is 0.0200. The quantitative estimate of drug-likeness (QED) is 0.932. The molecule has 1 heterocycles. The molecule has 1 atom stereocenters. The Morgan fingerprint density at radius 1 is 1.47 bits per heavy atom. The van der Waals surface area contributed by atoms with Gasteiger partial charge >= 0.3 is 0 Å². The number of halogens is 2. The van der Waals surface area contributed by atoms with Gasteiger partial charge in [-0.2, -0.15) is 11.3 Å². The van der Waals surface area contributed by atoms with Crippen LogP contribution in [-0.4, -0.2) is 20.2 Å². The molecule has 1 amide bonds. The van der Waals surface area contributed by atoms with E-state index in [9.17, 15) is 22.0 Å². The van der Waals surface area contributed by atoms with Crippen LogP contribution in [0.4, 0.5) is 8.78 Å². The van der Waals surface area contributed by atoms with Gasteiger partial charge in [-0.1, -0.05) is 0 Å². The summed E-state index contributed by atoms with van der Waals surface area (Å²) in [7, 11) is -3.94. The van der Waals surface area contributed by atoms with Crippen molar-refractivity contribution in [2.75, 3.05) is 0 Å². The van der Waals surface area contributed by atoms with Crippen LogP contribution in [0.1, 0.15) is 25.7 Å². The van der Waals surface area contributed by atoms with E-state index in [0.29, 0.717) is 6.42 Å². The maximum atomic E-state index is 13.2. The molecule has 4 nitrogen and oxygen atoms in total. The smallest absolute Gasteiger partial charge is 0.264 e. The Hall–Kier alpha value is -1.02. The first kappa shape index (κ1) is 14.4. The van der Waals surface area contributed by atoms with Crippen molar-refractivity contribution in [2.24, 2.45) is 5.92 Å². The molecule has 8 heteroatoms. The summed E-state index contributed by atoms with van der Waals surface area (Å²) in [6.45, 7) is 0. The number of hydrogen-bond acceptors (Lipinski definition) is 4. The summed E-state index contributed by atoms with van der Waals surface area (Å²) >= 11 is 1.18. The Labute approximate surface area is 113 Å². The highest BCUT2D eigenvalue weighted by Crippen LogP contribution is 2.36. The van der Waals surface area contributed by atoms with Gasteiger partial charge in [0.15, 0.2) is 0 Å². The van der Waals surface area contributed by atoms with Crippen molar-refractivity contribution in [3.63, 3.8) is 0 Å². The summed E-state index contributed by atoms with van der Waals surface area (Å²) in [5.41, 5.74) is 0. The van der Waals surface area contributed by atoms with E-state index in [1.54, 1.807) is 5.38 Å². The molecule has 1 aliphatic carbocycles. The third-order valence-corrected chi connectivity index (χ3v) is 5.23. The van der Waals surface area contributed by atoms with Crippen molar-refractivity contribution in [1.82, 2.24) is 4.72 Å². The van der Waals surface area contributed by atoms with Crippen LogP contribution < -0.4 is 4.72 Å². The third-order valence-electron chi connectivity index (χ3n) is 3.05. The topological polar surface area (TPSA) is 63.2 Å². The number of thiophene rings is 1. The average Bonchev–Trinajstić information content (AvgIpc) is 2.81. The molecule has 0 spiro atoms. The summed E-state index contributed by atoms with van der Waals surface area (Å²) in [5, 5.41) is 2.94. The molecule has 0 aliphatic heterocycles. The van der Waals surface area contributed by atoms with Gasteiger partial charge in [0.05, 0.1) is 4.90 Å². The lowest BCUT2D eigenvalue weighted by Crippen LogP contribution is -2.40. The van der Waals surface area contributed by atoms with E-state index in [4.69, 9.17) is 0 Å². The molecular formula is C11H13F2NO3S2. The van der Waals surface area contributed by atoms with Crippen molar-refractivity contribution in [3.05, 3.63) is 16.8 Å². The molecule has 1 unspecified atom stereocenters. The van der Waals surface area contributed by atoms with Gasteiger partial charge in [-0.3, -0.25) is 4.79 Å². The zero-order valence-corrected chi connectivity index (χ0v) is 11.6. The first-order valence-corrected chi connectivity index (χ1v) is 8.19. The predicted octanol–water partition coefficient (Wildman–Crippen LogP) is 2.38. The lowest BCUT2D eigenvalue weighted by atomic mass is 9.86. The number of carbonyl (C=O) groups is 1. The van der Waals surface area contributed by atoms with Crippen LogP contribution in [-0.2, 0) is 14.8 Å². The van der Waals surface area contributed by atoms with Crippen molar-refractivity contribution in [2.45, 2.75) is 36.5 Å². The summed E-state index contributed by atoms with van der Waals surface area (Å²) < 4.78 is 51.8. The van der Waals surface area contributed by atoms with Crippen LogP contribution in [0.3, 0.4) is 0 Å². The molecular weight excluding hydrogens is 296 g/mol. The van der Waals surface area contributed by atoms with Gasteiger partial charge in [0.25, 0.3) is 10.0 Å². The highest BCUT2D eigenvalue weighted by atomic mass is 32.2. The van der Waals surface area contributed by atoms with E-state index in [1.807, 2.05) is 4.72 Å². The molecule has 0 bridgehead atoms. The van der Waals surface area contributed by atoms with Crippen LogP contribution in [0.15, 0.2) is 21.7 Å². The van der Waals surface area contributed by atoms with E-state index in [0.717, 1.165) is 0 Å². The highest BCUT2D eigenvalue weighted by molar-refractivity contribution is 7.90.